The molecule has 3 rings (SSSR count). The summed E-state index contributed by atoms with van der Waals surface area (Å²) in [4.78, 5) is -0.212. The van der Waals surface area contributed by atoms with Gasteiger partial charge in [0.25, 0.3) is 20.0 Å². The highest BCUT2D eigenvalue weighted by atomic mass is 32.3. The van der Waals surface area contributed by atoms with E-state index in [9.17, 15) is 16.8 Å². The highest BCUT2D eigenvalue weighted by molar-refractivity contribution is 8.04. The van der Waals surface area contributed by atoms with Gasteiger partial charge >= 0.3 is 0 Å². The molecule has 0 fully saturated rings. The zero-order chi connectivity index (χ0) is 23.6. The van der Waals surface area contributed by atoms with E-state index in [2.05, 4.69) is 0 Å². The van der Waals surface area contributed by atoms with Crippen LogP contribution in [0.1, 0.15) is 31.9 Å². The first kappa shape index (κ1) is 24.0. The van der Waals surface area contributed by atoms with Crippen molar-refractivity contribution in [3.8, 4) is 5.75 Å². The zero-order valence-electron chi connectivity index (χ0n) is 18.5. The summed E-state index contributed by atoms with van der Waals surface area (Å²) < 4.78 is 60.4. The molecule has 0 amide bonds. The van der Waals surface area contributed by atoms with Crippen LogP contribution in [0.5, 0.6) is 5.75 Å². The van der Waals surface area contributed by atoms with Crippen molar-refractivity contribution in [3.05, 3.63) is 90.0 Å². The molecule has 0 aliphatic heterocycles. The smallest absolute Gasteiger partial charge is 0.256 e. The van der Waals surface area contributed by atoms with Crippen molar-refractivity contribution in [2.75, 3.05) is 7.11 Å². The number of nitrogens with zero attached hydrogens (tertiary/aromatic N) is 1. The number of rotatable bonds is 7. The van der Waals surface area contributed by atoms with Gasteiger partial charge in [-0.25, -0.2) is 16.8 Å². The summed E-state index contributed by atoms with van der Waals surface area (Å²) in [5, 5.41) is 0. The first-order valence-corrected chi connectivity index (χ1v) is 12.9. The molecule has 3 aromatic carbocycles. The lowest BCUT2D eigenvalue weighted by atomic mass is 9.85. The maximum Gasteiger partial charge on any atom is 0.256 e. The second-order valence-corrected chi connectivity index (χ2v) is 12.3. The average molecular weight is 474 g/mol. The Bertz CT molecular complexity index is 1210. The number of ether oxygens (including phenoxy) is 1. The van der Waals surface area contributed by atoms with E-state index in [0.717, 1.165) is 5.56 Å². The number of hydrogen-bond donors (Lipinski definition) is 0. The molecule has 0 aliphatic carbocycles. The van der Waals surface area contributed by atoms with Crippen LogP contribution in [0.2, 0.25) is 0 Å². The van der Waals surface area contributed by atoms with Crippen molar-refractivity contribution in [3.63, 3.8) is 0 Å². The Morgan fingerprint density at radius 2 is 1.19 bits per heavy atom. The minimum Gasteiger partial charge on any atom is -0.496 e. The summed E-state index contributed by atoms with van der Waals surface area (Å²) in [7, 11) is -7.28. The second-order valence-electron chi connectivity index (χ2n) is 8.32. The lowest BCUT2D eigenvalue weighted by Gasteiger charge is -2.26. The topological polar surface area (TPSA) is 80.8 Å². The molecule has 0 N–H and O–H groups in total. The van der Waals surface area contributed by atoms with Crippen molar-refractivity contribution in [1.29, 1.82) is 0 Å². The Hall–Kier alpha value is -2.68. The highest BCUT2D eigenvalue weighted by Crippen LogP contribution is 2.36. The molecule has 0 atom stereocenters. The van der Waals surface area contributed by atoms with E-state index in [1.807, 2.05) is 26.8 Å². The number of hydrogen-bond acceptors (Lipinski definition) is 5. The molecule has 0 aromatic heterocycles. The number of methoxy groups -OCH3 is 1. The Balaban J connectivity index is 2.22. The van der Waals surface area contributed by atoms with E-state index in [-0.39, 0.29) is 15.2 Å². The predicted octanol–water partition coefficient (Wildman–Crippen LogP) is 4.57. The fraction of sp³-hybridized carbons (Fsp3) is 0.250. The molecule has 170 valence electrons. The quantitative estimate of drug-likeness (QED) is 0.502. The van der Waals surface area contributed by atoms with Crippen molar-refractivity contribution in [2.24, 2.45) is 0 Å². The van der Waals surface area contributed by atoms with Gasteiger partial charge in [0.15, 0.2) is 0 Å². The lowest BCUT2D eigenvalue weighted by molar-refractivity contribution is 0.388. The molecule has 0 unspecified atom stereocenters. The van der Waals surface area contributed by atoms with E-state index in [4.69, 9.17) is 4.74 Å². The summed E-state index contributed by atoms with van der Waals surface area (Å²) in [6, 6.07) is 20.4. The third-order valence-electron chi connectivity index (χ3n) is 5.03. The van der Waals surface area contributed by atoms with Crippen LogP contribution in [0.15, 0.2) is 88.7 Å². The fourth-order valence-corrected chi connectivity index (χ4v) is 7.04. The Kier molecular flexibility index (Phi) is 6.78. The van der Waals surface area contributed by atoms with Gasteiger partial charge in [0.2, 0.25) is 0 Å². The third-order valence-corrected chi connectivity index (χ3v) is 9.27. The first-order chi connectivity index (χ1) is 15.0. The van der Waals surface area contributed by atoms with Gasteiger partial charge in [-0.1, -0.05) is 79.1 Å². The predicted molar refractivity (Wildman–Crippen MR) is 124 cm³/mol. The van der Waals surface area contributed by atoms with Crippen LogP contribution >= 0.6 is 0 Å². The number of para-hydroxylation sites is 1. The zero-order valence-corrected chi connectivity index (χ0v) is 20.2. The maximum absolute atomic E-state index is 13.5. The third kappa shape index (κ3) is 4.72. The van der Waals surface area contributed by atoms with Gasteiger partial charge in [0, 0.05) is 5.56 Å². The van der Waals surface area contributed by atoms with Gasteiger partial charge in [0.1, 0.15) is 5.75 Å². The van der Waals surface area contributed by atoms with E-state index >= 15 is 0 Å². The molecule has 0 bridgehead atoms. The van der Waals surface area contributed by atoms with E-state index < -0.39 is 26.6 Å². The van der Waals surface area contributed by atoms with Gasteiger partial charge < -0.3 is 4.74 Å². The molecule has 0 radical (unpaired) electrons. The largest absolute Gasteiger partial charge is 0.496 e. The van der Waals surface area contributed by atoms with Crippen LogP contribution in [0.25, 0.3) is 0 Å². The number of benzene rings is 3. The molecule has 8 heteroatoms. The van der Waals surface area contributed by atoms with Crippen LogP contribution in [-0.2, 0) is 32.0 Å². The van der Waals surface area contributed by atoms with Crippen LogP contribution in [0.3, 0.4) is 0 Å². The lowest BCUT2D eigenvalue weighted by Crippen LogP contribution is -2.36. The Labute approximate surface area is 190 Å². The van der Waals surface area contributed by atoms with Gasteiger partial charge in [-0.2, -0.15) is 0 Å². The van der Waals surface area contributed by atoms with Gasteiger partial charge in [-0.05, 0) is 35.2 Å². The van der Waals surface area contributed by atoms with Crippen molar-refractivity contribution in [2.45, 2.75) is 42.5 Å². The van der Waals surface area contributed by atoms with Gasteiger partial charge in [-0.15, -0.1) is 0 Å². The Morgan fingerprint density at radius 1 is 0.719 bits per heavy atom. The molecule has 0 spiro atoms. The van der Waals surface area contributed by atoms with Crippen LogP contribution in [0.4, 0.5) is 0 Å². The minimum absolute atomic E-state index is 0.106. The minimum atomic E-state index is -4.39. The van der Waals surface area contributed by atoms with Crippen LogP contribution < -0.4 is 4.74 Å². The molecule has 0 saturated heterocycles. The first-order valence-electron chi connectivity index (χ1n) is 10.0. The maximum atomic E-state index is 13.5. The van der Waals surface area contributed by atoms with Gasteiger partial charge in [-0.3, -0.25) is 0 Å². The van der Waals surface area contributed by atoms with Crippen molar-refractivity contribution < 1.29 is 21.6 Å². The average Bonchev–Trinajstić information content (AvgIpc) is 2.77. The summed E-state index contributed by atoms with van der Waals surface area (Å²) in [6.45, 7) is 5.62. The molecule has 32 heavy (non-hydrogen) atoms. The van der Waals surface area contributed by atoms with E-state index in [1.54, 1.807) is 48.5 Å². The van der Waals surface area contributed by atoms with Crippen LogP contribution in [-0.4, -0.2) is 27.7 Å². The van der Waals surface area contributed by atoms with Crippen molar-refractivity contribution >= 4 is 20.0 Å². The molecule has 0 saturated carbocycles. The van der Waals surface area contributed by atoms with Crippen molar-refractivity contribution in [1.82, 2.24) is 3.71 Å². The van der Waals surface area contributed by atoms with E-state index in [0.29, 0.717) is 15.0 Å². The molecule has 6 nitrogen and oxygen atoms in total. The van der Waals surface area contributed by atoms with Crippen LogP contribution in [0, 0.1) is 0 Å². The standard InChI is InChI=1S/C24H27NO5S2/c1-24(2,3)22-17-11-12-19(23(22)30-4)18-25(31(26,27)20-13-7-5-8-14-20)32(28,29)21-15-9-6-10-16-21/h5-17H,18H2,1-4H3. The van der Waals surface area contributed by atoms with Gasteiger partial charge in [0.05, 0.1) is 23.4 Å². The van der Waals surface area contributed by atoms with E-state index in [1.165, 1.54) is 31.4 Å². The fourth-order valence-electron chi connectivity index (χ4n) is 3.40. The number of sulfonamides is 2. The Morgan fingerprint density at radius 3 is 1.59 bits per heavy atom. The molecular weight excluding hydrogens is 446 g/mol. The highest BCUT2D eigenvalue weighted by Gasteiger charge is 2.37. The SMILES string of the molecule is COc1c(CN(S(=O)(=O)c2ccccc2)S(=O)(=O)c2ccccc2)cccc1C(C)(C)C. The summed E-state index contributed by atoms with van der Waals surface area (Å²) in [5.74, 6) is 0.469. The normalized spacial score (nSPS) is 12.7. The molecule has 0 heterocycles. The molecular formula is C24H27NO5S2. The summed E-state index contributed by atoms with van der Waals surface area (Å²) >= 11 is 0. The second kappa shape index (κ2) is 9.05. The summed E-state index contributed by atoms with van der Waals surface area (Å²) in [5.41, 5.74) is 1.02. The monoisotopic (exact) mass is 473 g/mol. The molecule has 3 aromatic rings. The molecule has 0 aliphatic rings. The summed E-state index contributed by atoms with van der Waals surface area (Å²) in [6.07, 6.45) is 0.